The SMILES string of the molecule is CC[C@H](NC(=O)CN(c1ccccc1Br)S(C)(=O)=O)c1ccccc1. The fourth-order valence-corrected chi connectivity index (χ4v) is 4.00. The Labute approximate surface area is 157 Å². The lowest BCUT2D eigenvalue weighted by atomic mass is 10.0. The Bertz CT molecular complexity index is 825. The van der Waals surface area contributed by atoms with Crippen LogP contribution in [0.15, 0.2) is 59.1 Å². The number of hydrogen-bond donors (Lipinski definition) is 1. The Morgan fingerprint density at radius 2 is 1.72 bits per heavy atom. The third-order valence-corrected chi connectivity index (χ3v) is 5.55. The summed E-state index contributed by atoms with van der Waals surface area (Å²) < 4.78 is 26.1. The fourth-order valence-electron chi connectivity index (χ4n) is 2.51. The summed E-state index contributed by atoms with van der Waals surface area (Å²) in [5.74, 6) is -0.350. The number of halogens is 1. The van der Waals surface area contributed by atoms with Crippen LogP contribution in [0.1, 0.15) is 24.9 Å². The molecule has 0 aromatic heterocycles. The maximum atomic E-state index is 12.5. The molecule has 0 heterocycles. The standard InChI is InChI=1S/C18H21BrN2O3S/c1-3-16(14-9-5-4-6-10-14)20-18(22)13-21(25(2,23)24)17-12-8-7-11-15(17)19/h4-12,16H,3,13H2,1-2H3,(H,20,22)/t16-/m0/s1. The van der Waals surface area contributed by atoms with Crippen molar-refractivity contribution in [1.29, 1.82) is 0 Å². The quantitative estimate of drug-likeness (QED) is 0.739. The summed E-state index contributed by atoms with van der Waals surface area (Å²) in [5, 5.41) is 2.91. The van der Waals surface area contributed by atoms with E-state index >= 15 is 0 Å². The van der Waals surface area contributed by atoms with Gasteiger partial charge in [0.2, 0.25) is 15.9 Å². The highest BCUT2D eigenvalue weighted by Crippen LogP contribution is 2.27. The normalized spacial score (nSPS) is 12.4. The van der Waals surface area contributed by atoms with Crippen LogP contribution >= 0.6 is 15.9 Å². The van der Waals surface area contributed by atoms with Gasteiger partial charge in [-0.05, 0) is 40.0 Å². The molecule has 0 bridgehead atoms. The first kappa shape index (κ1) is 19.5. The number of amides is 1. The molecule has 1 N–H and O–H groups in total. The second kappa shape index (κ2) is 8.49. The van der Waals surface area contributed by atoms with E-state index in [0.717, 1.165) is 16.1 Å². The van der Waals surface area contributed by atoms with Crippen molar-refractivity contribution in [2.75, 3.05) is 17.1 Å². The molecule has 0 fully saturated rings. The zero-order valence-electron chi connectivity index (χ0n) is 14.1. The van der Waals surface area contributed by atoms with Crippen molar-refractivity contribution in [2.45, 2.75) is 19.4 Å². The van der Waals surface area contributed by atoms with Gasteiger partial charge in [-0.25, -0.2) is 8.42 Å². The molecule has 0 unspecified atom stereocenters. The third-order valence-electron chi connectivity index (χ3n) is 3.75. The highest BCUT2D eigenvalue weighted by Gasteiger charge is 2.23. The van der Waals surface area contributed by atoms with Crippen LogP contribution in [0, 0.1) is 0 Å². The van der Waals surface area contributed by atoms with Gasteiger partial charge in [0.1, 0.15) is 6.54 Å². The molecule has 1 amide bonds. The summed E-state index contributed by atoms with van der Waals surface area (Å²) in [6.07, 6.45) is 1.80. The smallest absolute Gasteiger partial charge is 0.241 e. The van der Waals surface area contributed by atoms with Crippen LogP contribution in [-0.4, -0.2) is 27.1 Å². The van der Waals surface area contributed by atoms with Gasteiger partial charge in [-0.15, -0.1) is 0 Å². The summed E-state index contributed by atoms with van der Waals surface area (Å²) >= 11 is 3.34. The number of nitrogens with zero attached hydrogens (tertiary/aromatic N) is 1. The first-order valence-electron chi connectivity index (χ1n) is 7.89. The fraction of sp³-hybridized carbons (Fsp3) is 0.278. The monoisotopic (exact) mass is 424 g/mol. The number of para-hydroxylation sites is 1. The predicted octanol–water partition coefficient (Wildman–Crippen LogP) is 3.48. The highest BCUT2D eigenvalue weighted by molar-refractivity contribution is 9.10. The van der Waals surface area contributed by atoms with E-state index in [-0.39, 0.29) is 18.5 Å². The maximum absolute atomic E-state index is 12.5. The van der Waals surface area contributed by atoms with Gasteiger partial charge < -0.3 is 5.32 Å². The van der Waals surface area contributed by atoms with Gasteiger partial charge in [0, 0.05) is 4.47 Å². The molecule has 0 spiro atoms. The zero-order valence-corrected chi connectivity index (χ0v) is 16.5. The van der Waals surface area contributed by atoms with E-state index in [1.54, 1.807) is 24.3 Å². The van der Waals surface area contributed by atoms with Gasteiger partial charge in [-0.3, -0.25) is 9.10 Å². The van der Waals surface area contributed by atoms with Crippen molar-refractivity contribution in [1.82, 2.24) is 5.32 Å². The van der Waals surface area contributed by atoms with Gasteiger partial charge in [0.05, 0.1) is 18.0 Å². The molecule has 2 aromatic carbocycles. The average molecular weight is 425 g/mol. The molecule has 2 rings (SSSR count). The first-order valence-corrected chi connectivity index (χ1v) is 10.5. The van der Waals surface area contributed by atoms with E-state index in [4.69, 9.17) is 0 Å². The lowest BCUT2D eigenvalue weighted by Gasteiger charge is -2.25. The van der Waals surface area contributed by atoms with E-state index < -0.39 is 10.0 Å². The predicted molar refractivity (Wildman–Crippen MR) is 104 cm³/mol. The number of anilines is 1. The second-order valence-corrected chi connectivity index (χ2v) is 8.42. The van der Waals surface area contributed by atoms with Crippen molar-refractivity contribution in [3.63, 3.8) is 0 Å². The number of sulfonamides is 1. The number of rotatable bonds is 7. The van der Waals surface area contributed by atoms with Crippen LogP contribution in [0.5, 0.6) is 0 Å². The Hall–Kier alpha value is -1.86. The van der Waals surface area contributed by atoms with Crippen molar-refractivity contribution < 1.29 is 13.2 Å². The van der Waals surface area contributed by atoms with Crippen LogP contribution < -0.4 is 9.62 Å². The minimum absolute atomic E-state index is 0.158. The van der Waals surface area contributed by atoms with E-state index in [1.807, 2.05) is 37.3 Å². The molecule has 2 aromatic rings. The molecule has 0 saturated carbocycles. The molecule has 25 heavy (non-hydrogen) atoms. The lowest BCUT2D eigenvalue weighted by molar-refractivity contribution is -0.120. The number of carbonyl (C=O) groups excluding carboxylic acids is 1. The van der Waals surface area contributed by atoms with Gasteiger partial charge in [0.25, 0.3) is 0 Å². The first-order chi connectivity index (χ1) is 11.8. The molecule has 7 heteroatoms. The Morgan fingerprint density at radius 1 is 1.12 bits per heavy atom. The Kier molecular flexibility index (Phi) is 6.61. The van der Waals surface area contributed by atoms with E-state index in [0.29, 0.717) is 16.6 Å². The van der Waals surface area contributed by atoms with Crippen molar-refractivity contribution >= 4 is 37.5 Å². The van der Waals surface area contributed by atoms with Gasteiger partial charge >= 0.3 is 0 Å². The van der Waals surface area contributed by atoms with E-state index in [1.165, 1.54) is 0 Å². The summed E-state index contributed by atoms with van der Waals surface area (Å²) in [5.41, 5.74) is 1.43. The Balaban J connectivity index is 2.19. The van der Waals surface area contributed by atoms with Crippen LogP contribution in [0.25, 0.3) is 0 Å². The van der Waals surface area contributed by atoms with Gasteiger partial charge in [-0.2, -0.15) is 0 Å². The average Bonchev–Trinajstić information content (AvgIpc) is 2.58. The van der Waals surface area contributed by atoms with Gasteiger partial charge in [0.15, 0.2) is 0 Å². The van der Waals surface area contributed by atoms with E-state index in [2.05, 4.69) is 21.2 Å². The number of benzene rings is 2. The lowest BCUT2D eigenvalue weighted by Crippen LogP contribution is -2.41. The van der Waals surface area contributed by atoms with Crippen LogP contribution in [0.4, 0.5) is 5.69 Å². The molecule has 0 radical (unpaired) electrons. The highest BCUT2D eigenvalue weighted by atomic mass is 79.9. The number of hydrogen-bond acceptors (Lipinski definition) is 3. The van der Waals surface area contributed by atoms with Crippen LogP contribution in [0.3, 0.4) is 0 Å². The minimum atomic E-state index is -3.60. The summed E-state index contributed by atoms with van der Waals surface area (Å²) in [6.45, 7) is 1.70. The zero-order chi connectivity index (χ0) is 18.4. The minimum Gasteiger partial charge on any atom is -0.348 e. The Morgan fingerprint density at radius 3 is 2.28 bits per heavy atom. The summed E-state index contributed by atoms with van der Waals surface area (Å²) in [7, 11) is -3.60. The molecule has 0 aliphatic carbocycles. The summed E-state index contributed by atoms with van der Waals surface area (Å²) in [4.78, 5) is 12.5. The van der Waals surface area contributed by atoms with Crippen molar-refractivity contribution in [2.24, 2.45) is 0 Å². The summed E-state index contributed by atoms with van der Waals surface area (Å²) in [6, 6.07) is 16.4. The molecule has 0 saturated heterocycles. The van der Waals surface area contributed by atoms with Gasteiger partial charge in [-0.1, -0.05) is 49.4 Å². The van der Waals surface area contributed by atoms with Crippen molar-refractivity contribution in [3.05, 3.63) is 64.6 Å². The largest absolute Gasteiger partial charge is 0.348 e. The third kappa shape index (κ3) is 5.31. The topological polar surface area (TPSA) is 66.5 Å². The number of carbonyl (C=O) groups is 1. The molecule has 0 aliphatic rings. The van der Waals surface area contributed by atoms with Crippen LogP contribution in [-0.2, 0) is 14.8 Å². The molecule has 1 atom stereocenters. The molecule has 134 valence electrons. The molecular weight excluding hydrogens is 404 g/mol. The number of nitrogens with one attached hydrogen (secondary N) is 1. The molecular formula is C18H21BrN2O3S. The van der Waals surface area contributed by atoms with Crippen LogP contribution in [0.2, 0.25) is 0 Å². The maximum Gasteiger partial charge on any atom is 0.241 e. The second-order valence-electron chi connectivity index (χ2n) is 5.66. The van der Waals surface area contributed by atoms with E-state index in [9.17, 15) is 13.2 Å². The molecule has 0 aliphatic heterocycles. The van der Waals surface area contributed by atoms with Crippen molar-refractivity contribution in [3.8, 4) is 0 Å². The molecule has 5 nitrogen and oxygen atoms in total.